The maximum atomic E-state index is 13.5. The van der Waals surface area contributed by atoms with E-state index in [2.05, 4.69) is 21.7 Å². The molecule has 0 atom stereocenters. The van der Waals surface area contributed by atoms with Gasteiger partial charge in [0.2, 0.25) is 0 Å². The highest BCUT2D eigenvalue weighted by atomic mass is 32.2. The SMILES string of the molecule is C=CCSc1nnc(CN2CCCCC2)n1-c1ccccc1C(F)(F)F. The quantitative estimate of drug-likeness (QED) is 0.542. The normalized spacial score (nSPS) is 16.0. The van der Waals surface area contributed by atoms with Gasteiger partial charge in [0.25, 0.3) is 0 Å². The van der Waals surface area contributed by atoms with E-state index >= 15 is 0 Å². The van der Waals surface area contributed by atoms with Crippen molar-refractivity contribution in [3.8, 4) is 5.69 Å². The van der Waals surface area contributed by atoms with Crippen LogP contribution in [0.25, 0.3) is 5.69 Å². The summed E-state index contributed by atoms with van der Waals surface area (Å²) in [6, 6.07) is 5.58. The molecule has 0 bridgehead atoms. The predicted molar refractivity (Wildman–Crippen MR) is 96.4 cm³/mol. The van der Waals surface area contributed by atoms with Crippen molar-refractivity contribution in [1.29, 1.82) is 0 Å². The first-order valence-electron chi connectivity index (χ1n) is 8.57. The van der Waals surface area contributed by atoms with Gasteiger partial charge in [-0.05, 0) is 38.1 Å². The minimum atomic E-state index is -4.44. The zero-order chi connectivity index (χ0) is 18.6. The Labute approximate surface area is 155 Å². The number of para-hydroxylation sites is 1. The molecular formula is C18H21F3N4S. The van der Waals surface area contributed by atoms with E-state index in [1.54, 1.807) is 16.7 Å². The number of hydrogen-bond acceptors (Lipinski definition) is 4. The van der Waals surface area contributed by atoms with Gasteiger partial charge < -0.3 is 0 Å². The molecule has 140 valence electrons. The first kappa shape index (κ1) is 19.0. The fraction of sp³-hybridized carbons (Fsp3) is 0.444. The summed E-state index contributed by atoms with van der Waals surface area (Å²) in [4.78, 5) is 2.22. The van der Waals surface area contributed by atoms with Gasteiger partial charge in [0.1, 0.15) is 0 Å². The Morgan fingerprint density at radius 1 is 1.12 bits per heavy atom. The minimum Gasteiger partial charge on any atom is -0.296 e. The molecule has 2 aromatic rings. The predicted octanol–water partition coefficient (Wildman–Crippen LogP) is 4.55. The van der Waals surface area contributed by atoms with Crippen LogP contribution in [0.3, 0.4) is 0 Å². The van der Waals surface area contributed by atoms with E-state index in [0.717, 1.165) is 32.0 Å². The molecule has 3 rings (SSSR count). The number of halogens is 3. The molecule has 0 aliphatic carbocycles. The second kappa shape index (κ2) is 8.26. The molecule has 1 fully saturated rings. The van der Waals surface area contributed by atoms with Crippen LogP contribution in [0, 0.1) is 0 Å². The van der Waals surface area contributed by atoms with Gasteiger partial charge in [0.05, 0.1) is 17.8 Å². The zero-order valence-corrected chi connectivity index (χ0v) is 15.2. The lowest BCUT2D eigenvalue weighted by Crippen LogP contribution is -2.30. The molecule has 0 N–H and O–H groups in total. The van der Waals surface area contributed by atoms with Gasteiger partial charge in [-0.15, -0.1) is 16.8 Å². The van der Waals surface area contributed by atoms with Gasteiger partial charge in [-0.2, -0.15) is 13.2 Å². The number of rotatable bonds is 6. The van der Waals surface area contributed by atoms with Crippen molar-refractivity contribution in [2.45, 2.75) is 37.1 Å². The highest BCUT2D eigenvalue weighted by molar-refractivity contribution is 7.99. The lowest BCUT2D eigenvalue weighted by Gasteiger charge is -2.26. The number of alkyl halides is 3. The lowest BCUT2D eigenvalue weighted by molar-refractivity contribution is -0.137. The third kappa shape index (κ3) is 4.29. The second-order valence-corrected chi connectivity index (χ2v) is 7.17. The van der Waals surface area contributed by atoms with E-state index in [-0.39, 0.29) is 5.69 Å². The summed E-state index contributed by atoms with van der Waals surface area (Å²) < 4.78 is 42.1. The molecule has 1 aromatic carbocycles. The lowest BCUT2D eigenvalue weighted by atomic mass is 10.1. The molecule has 0 saturated carbocycles. The largest absolute Gasteiger partial charge is 0.418 e. The number of thioether (sulfide) groups is 1. The van der Waals surface area contributed by atoms with Gasteiger partial charge in [-0.3, -0.25) is 9.47 Å². The molecule has 1 aliphatic rings. The Balaban J connectivity index is 2.03. The Kier molecular flexibility index (Phi) is 6.03. The fourth-order valence-electron chi connectivity index (χ4n) is 3.10. The standard InChI is InChI=1S/C18H21F3N4S/c1-2-12-26-17-23-22-16(13-24-10-6-3-7-11-24)25(17)15-9-5-4-8-14(15)18(19,20)21/h2,4-5,8-9H,1,3,6-7,10-13H2. The zero-order valence-electron chi connectivity index (χ0n) is 14.4. The monoisotopic (exact) mass is 382 g/mol. The van der Waals surface area contributed by atoms with Gasteiger partial charge in [-0.1, -0.05) is 36.4 Å². The second-order valence-electron chi connectivity index (χ2n) is 6.19. The Bertz CT molecular complexity index is 751. The molecule has 0 unspecified atom stereocenters. The van der Waals surface area contributed by atoms with E-state index in [1.807, 2.05) is 0 Å². The van der Waals surface area contributed by atoms with Crippen molar-refractivity contribution in [2.75, 3.05) is 18.8 Å². The molecule has 0 radical (unpaired) electrons. The number of piperidine rings is 1. The third-order valence-electron chi connectivity index (χ3n) is 4.29. The Morgan fingerprint density at radius 3 is 2.54 bits per heavy atom. The number of benzene rings is 1. The minimum absolute atomic E-state index is 0.0728. The number of aromatic nitrogens is 3. The van der Waals surface area contributed by atoms with Crippen molar-refractivity contribution >= 4 is 11.8 Å². The molecule has 1 saturated heterocycles. The van der Waals surface area contributed by atoms with Crippen LogP contribution >= 0.6 is 11.8 Å². The van der Waals surface area contributed by atoms with Crippen LogP contribution in [0.5, 0.6) is 0 Å². The average molecular weight is 382 g/mol. The summed E-state index contributed by atoms with van der Waals surface area (Å²) in [6.07, 6.45) is 0.657. The molecule has 1 aromatic heterocycles. The average Bonchev–Trinajstić information content (AvgIpc) is 3.02. The summed E-state index contributed by atoms with van der Waals surface area (Å²) in [5.41, 5.74) is -0.608. The topological polar surface area (TPSA) is 34.0 Å². The molecule has 0 spiro atoms. The summed E-state index contributed by atoms with van der Waals surface area (Å²) in [5, 5.41) is 8.82. The Hall–Kier alpha value is -1.80. The van der Waals surface area contributed by atoms with Crippen molar-refractivity contribution in [3.63, 3.8) is 0 Å². The maximum Gasteiger partial charge on any atom is 0.418 e. The van der Waals surface area contributed by atoms with Crippen LogP contribution in [0.2, 0.25) is 0 Å². The van der Waals surface area contributed by atoms with Crippen molar-refractivity contribution in [1.82, 2.24) is 19.7 Å². The van der Waals surface area contributed by atoms with E-state index < -0.39 is 11.7 Å². The number of nitrogens with zero attached hydrogens (tertiary/aromatic N) is 4. The molecule has 1 aliphatic heterocycles. The highest BCUT2D eigenvalue weighted by Gasteiger charge is 2.35. The van der Waals surface area contributed by atoms with Crippen LogP contribution in [-0.4, -0.2) is 38.5 Å². The van der Waals surface area contributed by atoms with Crippen LogP contribution in [-0.2, 0) is 12.7 Å². The highest BCUT2D eigenvalue weighted by Crippen LogP contribution is 2.35. The molecule has 26 heavy (non-hydrogen) atoms. The first-order valence-corrected chi connectivity index (χ1v) is 9.56. The first-order chi connectivity index (χ1) is 12.5. The maximum absolute atomic E-state index is 13.5. The van der Waals surface area contributed by atoms with Crippen LogP contribution in [0.4, 0.5) is 13.2 Å². The molecule has 0 amide bonds. The van der Waals surface area contributed by atoms with Gasteiger partial charge in [-0.25, -0.2) is 0 Å². The summed E-state index contributed by atoms with van der Waals surface area (Å²) in [6.45, 7) is 6.03. The van der Waals surface area contributed by atoms with Crippen molar-refractivity contribution in [3.05, 3.63) is 48.3 Å². The van der Waals surface area contributed by atoms with Gasteiger partial charge in [0, 0.05) is 5.75 Å². The molecule has 2 heterocycles. The van der Waals surface area contributed by atoms with Crippen molar-refractivity contribution in [2.24, 2.45) is 0 Å². The van der Waals surface area contributed by atoms with E-state index in [1.165, 1.54) is 30.3 Å². The molecular weight excluding hydrogens is 361 g/mol. The van der Waals surface area contributed by atoms with Crippen LogP contribution in [0.1, 0.15) is 30.7 Å². The van der Waals surface area contributed by atoms with Crippen LogP contribution in [0.15, 0.2) is 42.1 Å². The fourth-order valence-corrected chi connectivity index (χ4v) is 3.80. The third-order valence-corrected chi connectivity index (χ3v) is 5.22. The van der Waals surface area contributed by atoms with E-state index in [4.69, 9.17) is 0 Å². The Morgan fingerprint density at radius 2 is 1.85 bits per heavy atom. The van der Waals surface area contributed by atoms with E-state index in [9.17, 15) is 13.2 Å². The van der Waals surface area contributed by atoms with E-state index in [0.29, 0.717) is 23.3 Å². The molecule has 4 nitrogen and oxygen atoms in total. The summed E-state index contributed by atoms with van der Waals surface area (Å²) in [7, 11) is 0. The van der Waals surface area contributed by atoms with Crippen LogP contribution < -0.4 is 0 Å². The van der Waals surface area contributed by atoms with Gasteiger partial charge >= 0.3 is 6.18 Å². The summed E-state index contributed by atoms with van der Waals surface area (Å²) in [5.74, 6) is 1.09. The van der Waals surface area contributed by atoms with Gasteiger partial charge in [0.15, 0.2) is 11.0 Å². The summed E-state index contributed by atoms with van der Waals surface area (Å²) >= 11 is 1.33. The van der Waals surface area contributed by atoms with Crippen molar-refractivity contribution < 1.29 is 13.2 Å². The number of hydrogen-bond donors (Lipinski definition) is 0. The molecule has 8 heteroatoms. The smallest absolute Gasteiger partial charge is 0.296 e. The number of likely N-dealkylation sites (tertiary alicyclic amines) is 1.